The summed E-state index contributed by atoms with van der Waals surface area (Å²) in [6.07, 6.45) is 0.103. The van der Waals surface area contributed by atoms with Gasteiger partial charge in [-0.2, -0.15) is 0 Å². The number of aromatic hydroxyl groups is 2. The molecule has 0 saturated heterocycles. The Labute approximate surface area is 107 Å². The smallest absolute Gasteiger partial charge is 0.308 e. The number of aromatic nitrogens is 1. The highest BCUT2D eigenvalue weighted by atomic mass is 16.6. The molecule has 0 fully saturated rings. The minimum absolute atomic E-state index is 0.00596. The summed E-state index contributed by atoms with van der Waals surface area (Å²) in [5, 5.41) is 19.6. The lowest BCUT2D eigenvalue weighted by Gasteiger charge is -2.19. The normalized spacial score (nSPS) is 11.6. The predicted molar refractivity (Wildman–Crippen MR) is 67.7 cm³/mol. The molecule has 0 spiro atoms. The molecule has 102 valence electrons. The molecule has 18 heavy (non-hydrogen) atoms. The SMILES string of the molecule is Cc1c(C)c(O)n(CCC(=O)OC(C)(C)C)c1O. The predicted octanol–water partition coefficient (Wildman–Crippen LogP) is 2.25. The zero-order chi connectivity index (χ0) is 14.1. The fourth-order valence-electron chi connectivity index (χ4n) is 1.65. The Balaban J connectivity index is 2.70. The van der Waals surface area contributed by atoms with Crippen LogP contribution in [-0.4, -0.2) is 26.4 Å². The minimum Gasteiger partial charge on any atom is -0.494 e. The number of rotatable bonds is 3. The number of ether oxygens (including phenoxy) is 1. The van der Waals surface area contributed by atoms with Gasteiger partial charge in [-0.3, -0.25) is 9.36 Å². The molecule has 0 aromatic carbocycles. The molecule has 0 unspecified atom stereocenters. The fraction of sp³-hybridized carbons (Fsp3) is 0.615. The number of carbonyl (C=O) groups excluding carboxylic acids is 1. The standard InChI is InChI=1S/C13H21NO4/c1-8-9(2)12(17)14(11(8)16)7-6-10(15)18-13(3,4)5/h16-17H,6-7H2,1-5H3. The lowest BCUT2D eigenvalue weighted by atomic mass is 10.2. The van der Waals surface area contributed by atoms with Crippen LogP contribution in [0.5, 0.6) is 11.8 Å². The third kappa shape index (κ3) is 3.18. The van der Waals surface area contributed by atoms with Crippen molar-refractivity contribution in [1.29, 1.82) is 0 Å². The topological polar surface area (TPSA) is 71.7 Å². The van der Waals surface area contributed by atoms with Gasteiger partial charge >= 0.3 is 5.97 Å². The Bertz CT molecular complexity index is 429. The molecule has 0 amide bonds. The molecule has 5 heteroatoms. The van der Waals surface area contributed by atoms with E-state index in [-0.39, 0.29) is 30.7 Å². The van der Waals surface area contributed by atoms with Gasteiger partial charge in [-0.15, -0.1) is 0 Å². The number of esters is 1. The van der Waals surface area contributed by atoms with Crippen molar-refractivity contribution in [2.75, 3.05) is 0 Å². The second-order valence-corrected chi connectivity index (χ2v) is 5.39. The van der Waals surface area contributed by atoms with Gasteiger partial charge in [0.2, 0.25) is 0 Å². The van der Waals surface area contributed by atoms with Crippen molar-refractivity contribution in [3.63, 3.8) is 0 Å². The molecule has 1 rings (SSSR count). The quantitative estimate of drug-likeness (QED) is 0.813. The molecule has 2 N–H and O–H groups in total. The molecule has 0 aliphatic heterocycles. The van der Waals surface area contributed by atoms with E-state index in [4.69, 9.17) is 4.74 Å². The highest BCUT2D eigenvalue weighted by Crippen LogP contribution is 2.32. The maximum absolute atomic E-state index is 11.5. The zero-order valence-electron chi connectivity index (χ0n) is 11.6. The highest BCUT2D eigenvalue weighted by molar-refractivity contribution is 5.69. The summed E-state index contributed by atoms with van der Waals surface area (Å²) in [5.41, 5.74) is 0.720. The second-order valence-electron chi connectivity index (χ2n) is 5.39. The number of hydrogen-bond acceptors (Lipinski definition) is 4. The van der Waals surface area contributed by atoms with Crippen LogP contribution in [0.15, 0.2) is 0 Å². The molecular weight excluding hydrogens is 234 g/mol. The van der Waals surface area contributed by atoms with Gasteiger partial charge in [-0.25, -0.2) is 0 Å². The van der Waals surface area contributed by atoms with Crippen molar-refractivity contribution < 1.29 is 19.7 Å². The van der Waals surface area contributed by atoms with Gasteiger partial charge in [0.05, 0.1) is 6.42 Å². The van der Waals surface area contributed by atoms with E-state index in [9.17, 15) is 15.0 Å². The average Bonchev–Trinajstić information content (AvgIpc) is 2.39. The maximum atomic E-state index is 11.5. The van der Waals surface area contributed by atoms with Crippen LogP contribution in [0.4, 0.5) is 0 Å². The van der Waals surface area contributed by atoms with Gasteiger partial charge in [0.15, 0.2) is 11.8 Å². The van der Waals surface area contributed by atoms with E-state index in [1.165, 1.54) is 4.57 Å². The van der Waals surface area contributed by atoms with E-state index < -0.39 is 5.60 Å². The lowest BCUT2D eigenvalue weighted by Crippen LogP contribution is -2.24. The van der Waals surface area contributed by atoms with Crippen molar-refractivity contribution in [3.8, 4) is 11.8 Å². The summed E-state index contributed by atoms with van der Waals surface area (Å²) in [6.45, 7) is 9.02. The van der Waals surface area contributed by atoms with Gasteiger partial charge in [0, 0.05) is 17.7 Å². The van der Waals surface area contributed by atoms with Crippen molar-refractivity contribution in [2.45, 2.75) is 53.2 Å². The Kier molecular flexibility index (Phi) is 3.94. The fourth-order valence-corrected chi connectivity index (χ4v) is 1.65. The van der Waals surface area contributed by atoms with Crippen LogP contribution in [0.1, 0.15) is 38.3 Å². The Morgan fingerprint density at radius 2 is 1.61 bits per heavy atom. The van der Waals surface area contributed by atoms with Gasteiger partial charge in [0.25, 0.3) is 0 Å². The first-order valence-corrected chi connectivity index (χ1v) is 5.93. The average molecular weight is 255 g/mol. The monoisotopic (exact) mass is 255 g/mol. The molecular formula is C13H21NO4. The molecule has 0 radical (unpaired) electrons. The van der Waals surface area contributed by atoms with Gasteiger partial charge < -0.3 is 14.9 Å². The summed E-state index contributed by atoms with van der Waals surface area (Å²) in [7, 11) is 0. The van der Waals surface area contributed by atoms with Crippen LogP contribution < -0.4 is 0 Å². The van der Waals surface area contributed by atoms with Crippen LogP contribution in [0, 0.1) is 13.8 Å². The Morgan fingerprint density at radius 1 is 1.17 bits per heavy atom. The summed E-state index contributed by atoms with van der Waals surface area (Å²) < 4.78 is 6.47. The molecule has 1 aromatic heterocycles. The van der Waals surface area contributed by atoms with Gasteiger partial charge in [-0.05, 0) is 34.6 Å². The van der Waals surface area contributed by atoms with E-state index in [1.807, 2.05) is 0 Å². The van der Waals surface area contributed by atoms with Crippen molar-refractivity contribution in [2.24, 2.45) is 0 Å². The van der Waals surface area contributed by atoms with Crippen molar-refractivity contribution in [1.82, 2.24) is 4.57 Å². The van der Waals surface area contributed by atoms with Crippen LogP contribution >= 0.6 is 0 Å². The first-order valence-electron chi connectivity index (χ1n) is 5.93. The maximum Gasteiger partial charge on any atom is 0.308 e. The van der Waals surface area contributed by atoms with E-state index in [0.29, 0.717) is 11.1 Å². The zero-order valence-corrected chi connectivity index (χ0v) is 11.6. The molecule has 1 aromatic rings. The number of nitrogens with zero attached hydrogens (tertiary/aromatic N) is 1. The lowest BCUT2D eigenvalue weighted by molar-refractivity contribution is -0.155. The van der Waals surface area contributed by atoms with E-state index in [0.717, 1.165) is 0 Å². The number of carbonyl (C=O) groups is 1. The third-order valence-corrected chi connectivity index (χ3v) is 2.70. The minimum atomic E-state index is -0.524. The summed E-state index contributed by atoms with van der Waals surface area (Å²) in [4.78, 5) is 11.5. The van der Waals surface area contributed by atoms with E-state index >= 15 is 0 Å². The van der Waals surface area contributed by atoms with Crippen LogP contribution in [-0.2, 0) is 16.1 Å². The Hall–Kier alpha value is -1.65. The van der Waals surface area contributed by atoms with E-state index in [1.54, 1.807) is 34.6 Å². The molecule has 0 aliphatic carbocycles. The van der Waals surface area contributed by atoms with Crippen molar-refractivity contribution >= 4 is 5.97 Å². The summed E-state index contributed by atoms with van der Waals surface area (Å²) in [6, 6.07) is 0. The van der Waals surface area contributed by atoms with Crippen LogP contribution in [0.2, 0.25) is 0 Å². The summed E-state index contributed by atoms with van der Waals surface area (Å²) >= 11 is 0. The number of hydrogen-bond donors (Lipinski definition) is 2. The molecule has 5 nitrogen and oxygen atoms in total. The van der Waals surface area contributed by atoms with Gasteiger partial charge in [-0.1, -0.05) is 0 Å². The largest absolute Gasteiger partial charge is 0.494 e. The van der Waals surface area contributed by atoms with Crippen LogP contribution in [0.3, 0.4) is 0 Å². The molecule has 0 saturated carbocycles. The van der Waals surface area contributed by atoms with Crippen molar-refractivity contribution in [3.05, 3.63) is 11.1 Å². The molecule has 0 atom stereocenters. The first-order chi connectivity index (χ1) is 8.13. The summed E-state index contributed by atoms with van der Waals surface area (Å²) in [5.74, 6) is -0.368. The Morgan fingerprint density at radius 3 is 2.00 bits per heavy atom. The first kappa shape index (κ1) is 14.4. The van der Waals surface area contributed by atoms with E-state index in [2.05, 4.69) is 0 Å². The van der Waals surface area contributed by atoms with Gasteiger partial charge in [0.1, 0.15) is 5.60 Å². The second kappa shape index (κ2) is 4.92. The third-order valence-electron chi connectivity index (χ3n) is 2.70. The molecule has 0 bridgehead atoms. The molecule has 1 heterocycles. The highest BCUT2D eigenvalue weighted by Gasteiger charge is 2.19. The van der Waals surface area contributed by atoms with Crippen LogP contribution in [0.25, 0.3) is 0 Å². The molecule has 0 aliphatic rings.